The van der Waals surface area contributed by atoms with Crippen LogP contribution >= 0.6 is 23.2 Å². The number of hydrogen-bond donors (Lipinski definition) is 0. The highest BCUT2D eigenvalue weighted by molar-refractivity contribution is 6.42. The van der Waals surface area contributed by atoms with Crippen molar-refractivity contribution in [2.45, 2.75) is 6.42 Å². The molecule has 0 unspecified atom stereocenters. The monoisotopic (exact) mass is 376 g/mol. The van der Waals surface area contributed by atoms with E-state index in [1.54, 1.807) is 48.5 Å². The SMILES string of the molecule is N#CCN(C(=O)COC(=O)Cc1ccc(Cl)c(Cl)c1)c1ccccc1. The molecule has 0 saturated heterocycles. The van der Waals surface area contributed by atoms with Gasteiger partial charge in [0.25, 0.3) is 5.91 Å². The minimum Gasteiger partial charge on any atom is -0.455 e. The maximum absolute atomic E-state index is 12.2. The molecule has 0 aliphatic heterocycles. The van der Waals surface area contributed by atoms with Crippen LogP contribution in [0.2, 0.25) is 10.0 Å². The Morgan fingerprint density at radius 1 is 1.08 bits per heavy atom. The first-order valence-corrected chi connectivity index (χ1v) is 8.08. The molecule has 0 saturated carbocycles. The number of nitriles is 1. The molecule has 0 heterocycles. The summed E-state index contributed by atoms with van der Waals surface area (Å²) in [7, 11) is 0. The van der Waals surface area contributed by atoms with Gasteiger partial charge in [0.1, 0.15) is 6.54 Å². The van der Waals surface area contributed by atoms with E-state index in [0.717, 1.165) is 0 Å². The van der Waals surface area contributed by atoms with Crippen molar-refractivity contribution in [2.75, 3.05) is 18.1 Å². The van der Waals surface area contributed by atoms with Crippen LogP contribution in [0, 0.1) is 11.3 Å². The van der Waals surface area contributed by atoms with E-state index in [1.165, 1.54) is 4.90 Å². The molecule has 2 aromatic carbocycles. The van der Waals surface area contributed by atoms with Crippen molar-refractivity contribution in [3.8, 4) is 6.07 Å². The Bertz CT molecular complexity index is 804. The summed E-state index contributed by atoms with van der Waals surface area (Å²) in [5.41, 5.74) is 1.19. The molecule has 128 valence electrons. The van der Waals surface area contributed by atoms with Gasteiger partial charge in [-0.1, -0.05) is 47.5 Å². The van der Waals surface area contributed by atoms with E-state index in [4.69, 9.17) is 33.2 Å². The molecule has 0 spiro atoms. The molecule has 0 N–H and O–H groups in total. The number of rotatable bonds is 6. The molecule has 0 atom stereocenters. The standard InChI is InChI=1S/C18H14Cl2N2O3/c19-15-7-6-13(10-16(15)20)11-18(24)25-12-17(23)22(9-8-21)14-4-2-1-3-5-14/h1-7,10H,9,11-12H2. The van der Waals surface area contributed by atoms with Crippen LogP contribution in [-0.2, 0) is 20.7 Å². The smallest absolute Gasteiger partial charge is 0.310 e. The van der Waals surface area contributed by atoms with Crippen LogP contribution in [0.5, 0.6) is 0 Å². The molecule has 0 aromatic heterocycles. The van der Waals surface area contributed by atoms with Gasteiger partial charge in [-0.25, -0.2) is 0 Å². The number of nitrogens with zero attached hydrogens (tertiary/aromatic N) is 2. The van der Waals surface area contributed by atoms with Gasteiger partial charge in [-0.15, -0.1) is 0 Å². The molecule has 0 aliphatic carbocycles. The molecular formula is C18H14Cl2N2O3. The normalized spacial score (nSPS) is 9.96. The molecule has 1 amide bonds. The van der Waals surface area contributed by atoms with E-state index >= 15 is 0 Å². The molecule has 2 rings (SSSR count). The topological polar surface area (TPSA) is 70.4 Å². The Hall–Kier alpha value is -2.55. The van der Waals surface area contributed by atoms with Gasteiger partial charge in [0.2, 0.25) is 0 Å². The molecule has 2 aromatic rings. The molecular weight excluding hydrogens is 363 g/mol. The lowest BCUT2D eigenvalue weighted by Crippen LogP contribution is -2.35. The fourth-order valence-corrected chi connectivity index (χ4v) is 2.41. The lowest BCUT2D eigenvalue weighted by Gasteiger charge is -2.19. The Morgan fingerprint density at radius 2 is 1.80 bits per heavy atom. The Kier molecular flexibility index (Phi) is 6.81. The maximum Gasteiger partial charge on any atom is 0.310 e. The van der Waals surface area contributed by atoms with Gasteiger partial charge >= 0.3 is 5.97 Å². The quantitative estimate of drug-likeness (QED) is 0.569. The fraction of sp³-hybridized carbons (Fsp3) is 0.167. The van der Waals surface area contributed by atoms with Crippen molar-refractivity contribution in [2.24, 2.45) is 0 Å². The number of esters is 1. The number of benzene rings is 2. The molecule has 5 nitrogen and oxygen atoms in total. The van der Waals surface area contributed by atoms with E-state index in [0.29, 0.717) is 21.3 Å². The molecule has 0 fully saturated rings. The Balaban J connectivity index is 1.94. The van der Waals surface area contributed by atoms with Crippen LogP contribution in [0.15, 0.2) is 48.5 Å². The second kappa shape index (κ2) is 9.07. The minimum absolute atomic E-state index is 0.0340. The number of amides is 1. The third-order valence-corrected chi connectivity index (χ3v) is 4.03. The predicted molar refractivity (Wildman–Crippen MR) is 95.5 cm³/mol. The number of ether oxygens (including phenoxy) is 1. The first-order valence-electron chi connectivity index (χ1n) is 7.33. The zero-order valence-electron chi connectivity index (χ0n) is 13.1. The van der Waals surface area contributed by atoms with Gasteiger partial charge in [0.15, 0.2) is 6.61 Å². The first kappa shape index (κ1) is 18.8. The molecule has 0 bridgehead atoms. The number of halogens is 2. The molecule has 25 heavy (non-hydrogen) atoms. The van der Waals surface area contributed by atoms with Crippen molar-refractivity contribution in [3.05, 3.63) is 64.1 Å². The summed E-state index contributed by atoms with van der Waals surface area (Å²) in [6, 6.07) is 15.4. The highest BCUT2D eigenvalue weighted by Crippen LogP contribution is 2.23. The summed E-state index contributed by atoms with van der Waals surface area (Å²) >= 11 is 11.7. The maximum atomic E-state index is 12.2. The molecule has 0 radical (unpaired) electrons. The van der Waals surface area contributed by atoms with Crippen LogP contribution in [0.1, 0.15) is 5.56 Å². The highest BCUT2D eigenvalue weighted by atomic mass is 35.5. The van der Waals surface area contributed by atoms with Gasteiger partial charge in [-0.05, 0) is 29.8 Å². The summed E-state index contributed by atoms with van der Waals surface area (Å²) in [4.78, 5) is 25.4. The Labute approximate surface area is 155 Å². The van der Waals surface area contributed by atoms with Gasteiger partial charge < -0.3 is 4.74 Å². The second-order valence-corrected chi connectivity index (χ2v) is 5.87. The summed E-state index contributed by atoms with van der Waals surface area (Å²) < 4.78 is 5.01. The summed E-state index contributed by atoms with van der Waals surface area (Å²) in [5, 5.41) is 9.63. The number of carbonyl (C=O) groups excluding carboxylic acids is 2. The van der Waals surface area contributed by atoms with Gasteiger partial charge in [-0.3, -0.25) is 14.5 Å². The average molecular weight is 377 g/mol. The van der Waals surface area contributed by atoms with Crippen LogP contribution in [0.3, 0.4) is 0 Å². The molecule has 0 aliphatic rings. The van der Waals surface area contributed by atoms with E-state index in [-0.39, 0.29) is 13.0 Å². The number of hydrogen-bond acceptors (Lipinski definition) is 4. The van der Waals surface area contributed by atoms with Crippen LogP contribution in [0.4, 0.5) is 5.69 Å². The van der Waals surface area contributed by atoms with Crippen LogP contribution in [0.25, 0.3) is 0 Å². The molecule has 7 heteroatoms. The van der Waals surface area contributed by atoms with Crippen molar-refractivity contribution in [1.29, 1.82) is 5.26 Å². The van der Waals surface area contributed by atoms with Gasteiger partial charge in [0.05, 0.1) is 22.5 Å². The van der Waals surface area contributed by atoms with E-state index in [2.05, 4.69) is 0 Å². The first-order chi connectivity index (χ1) is 12.0. The van der Waals surface area contributed by atoms with Crippen molar-refractivity contribution in [1.82, 2.24) is 0 Å². The number of carbonyl (C=O) groups is 2. The lowest BCUT2D eigenvalue weighted by molar-refractivity contribution is -0.147. The van der Waals surface area contributed by atoms with E-state index in [1.807, 2.05) is 6.07 Å². The zero-order chi connectivity index (χ0) is 18.2. The van der Waals surface area contributed by atoms with Gasteiger partial charge in [0, 0.05) is 5.69 Å². The summed E-state index contributed by atoms with van der Waals surface area (Å²) in [6.07, 6.45) is -0.0340. The third-order valence-electron chi connectivity index (χ3n) is 3.29. The fourth-order valence-electron chi connectivity index (χ4n) is 2.09. The van der Waals surface area contributed by atoms with Crippen molar-refractivity contribution >= 4 is 40.8 Å². The van der Waals surface area contributed by atoms with Gasteiger partial charge in [-0.2, -0.15) is 5.26 Å². The largest absolute Gasteiger partial charge is 0.455 e. The summed E-state index contributed by atoms with van der Waals surface area (Å²) in [6.45, 7) is -0.579. The average Bonchev–Trinajstić information content (AvgIpc) is 2.61. The minimum atomic E-state index is -0.572. The number of para-hydroxylation sites is 1. The highest BCUT2D eigenvalue weighted by Gasteiger charge is 2.17. The third kappa shape index (κ3) is 5.49. The van der Waals surface area contributed by atoms with Crippen LogP contribution in [-0.4, -0.2) is 25.0 Å². The van der Waals surface area contributed by atoms with Crippen LogP contribution < -0.4 is 4.90 Å². The summed E-state index contributed by atoms with van der Waals surface area (Å²) in [5.74, 6) is -1.05. The number of anilines is 1. The van der Waals surface area contributed by atoms with Crippen molar-refractivity contribution < 1.29 is 14.3 Å². The zero-order valence-corrected chi connectivity index (χ0v) is 14.6. The second-order valence-electron chi connectivity index (χ2n) is 5.06. The van der Waals surface area contributed by atoms with E-state index in [9.17, 15) is 9.59 Å². The van der Waals surface area contributed by atoms with E-state index < -0.39 is 18.5 Å². The lowest BCUT2D eigenvalue weighted by atomic mass is 10.1. The van der Waals surface area contributed by atoms with Crippen molar-refractivity contribution in [3.63, 3.8) is 0 Å². The Morgan fingerprint density at radius 3 is 2.44 bits per heavy atom. The predicted octanol–water partition coefficient (Wildman–Crippen LogP) is 3.64.